The summed E-state index contributed by atoms with van der Waals surface area (Å²) in [4.78, 5) is 93.9. The number of carbonyl (C=O) groups excluding carboxylic acids is 7. The Labute approximate surface area is 285 Å². The first kappa shape index (κ1) is 40.5. The standard InChI is InChI=1S/C34H58N6O8/c1-11-13-20-17-18-40(23(20)28(43)37-22(14-12-2)24(41)29(44)36-21-15-16-21)31(46)26(34(7,8)9)39-30(45)25(33(4,5)6)38-27(42)19(3)35-32(47)48-10/h19-23,25-26H,11-18H2,1-10H3,(H,35,47)(H,36,44)(H,37,43)(H,38,42)(H,39,45)/t19-,20?,22-,23?,25+,26+/m0/s1. The fourth-order valence-corrected chi connectivity index (χ4v) is 5.87. The fourth-order valence-electron chi connectivity index (χ4n) is 5.87. The summed E-state index contributed by atoms with van der Waals surface area (Å²) in [6, 6.07) is -5.10. The molecule has 1 saturated carbocycles. The number of ketones is 1. The second-order valence-electron chi connectivity index (χ2n) is 15.2. The van der Waals surface area contributed by atoms with Gasteiger partial charge in [-0.25, -0.2) is 4.79 Å². The SMILES string of the molecule is CCCC1CCN(C(=O)[C@@H](NC(=O)[C@@H](NC(=O)[C@H](C)NC(=O)OC)C(C)(C)C)C(C)(C)C)C1C(=O)N[C@@H](CCC)C(=O)C(=O)NC1CC1. The molecule has 0 aromatic carbocycles. The number of rotatable bonds is 15. The van der Waals surface area contributed by atoms with Crippen molar-refractivity contribution in [3.63, 3.8) is 0 Å². The Bertz CT molecular complexity index is 1200. The average Bonchev–Trinajstić information content (AvgIpc) is 3.71. The van der Waals surface area contributed by atoms with Crippen molar-refractivity contribution < 1.29 is 38.3 Å². The molecule has 0 spiro atoms. The summed E-state index contributed by atoms with van der Waals surface area (Å²) in [6.07, 6.45) is 3.67. The molecule has 0 aromatic heterocycles. The van der Waals surface area contributed by atoms with Gasteiger partial charge >= 0.3 is 6.09 Å². The Morgan fingerprint density at radius 2 is 1.38 bits per heavy atom. The minimum absolute atomic E-state index is 0.00743. The fraction of sp³-hybridized carbons (Fsp3) is 0.794. The van der Waals surface area contributed by atoms with E-state index in [1.807, 2.05) is 13.8 Å². The molecule has 14 heteroatoms. The second kappa shape index (κ2) is 17.1. The molecule has 1 saturated heterocycles. The number of nitrogens with zero attached hydrogens (tertiary/aromatic N) is 1. The highest BCUT2D eigenvalue weighted by Gasteiger charge is 2.47. The third-order valence-electron chi connectivity index (χ3n) is 8.81. The van der Waals surface area contributed by atoms with Crippen molar-refractivity contribution in [1.82, 2.24) is 31.5 Å². The Kier molecular flexibility index (Phi) is 14.4. The highest BCUT2D eigenvalue weighted by Crippen LogP contribution is 2.32. The van der Waals surface area contributed by atoms with E-state index >= 15 is 0 Å². The molecule has 2 unspecified atom stereocenters. The summed E-state index contributed by atoms with van der Waals surface area (Å²) in [7, 11) is 1.17. The van der Waals surface area contributed by atoms with Crippen LogP contribution < -0.4 is 26.6 Å². The van der Waals surface area contributed by atoms with Crippen LogP contribution in [-0.4, -0.2) is 96.2 Å². The Hall–Kier alpha value is -3.71. The smallest absolute Gasteiger partial charge is 0.407 e. The van der Waals surface area contributed by atoms with Crippen molar-refractivity contribution in [3.05, 3.63) is 0 Å². The third kappa shape index (κ3) is 11.2. The zero-order chi connectivity index (χ0) is 36.6. The highest BCUT2D eigenvalue weighted by atomic mass is 16.5. The molecule has 272 valence electrons. The molecular formula is C34H58N6O8. The van der Waals surface area contributed by atoms with Crippen LogP contribution in [0.5, 0.6) is 0 Å². The van der Waals surface area contributed by atoms with Gasteiger partial charge in [-0.3, -0.25) is 28.8 Å². The van der Waals surface area contributed by atoms with E-state index in [0.29, 0.717) is 19.3 Å². The van der Waals surface area contributed by atoms with E-state index in [1.165, 1.54) is 18.9 Å². The number of Topliss-reactive ketones (excluding diaryl/α,β-unsaturated/α-hetero) is 1. The zero-order valence-electron chi connectivity index (χ0n) is 30.4. The summed E-state index contributed by atoms with van der Waals surface area (Å²) in [6.45, 7) is 16.3. The average molecular weight is 679 g/mol. The topological polar surface area (TPSA) is 192 Å². The number of amides is 6. The number of hydrogen-bond acceptors (Lipinski definition) is 8. The molecule has 2 fully saturated rings. The Morgan fingerprint density at radius 1 is 0.792 bits per heavy atom. The first-order valence-corrected chi connectivity index (χ1v) is 17.2. The van der Waals surface area contributed by atoms with Crippen molar-refractivity contribution in [3.8, 4) is 0 Å². The van der Waals surface area contributed by atoms with Gasteiger partial charge < -0.3 is 36.2 Å². The van der Waals surface area contributed by atoms with Crippen LogP contribution in [0.25, 0.3) is 0 Å². The van der Waals surface area contributed by atoms with Gasteiger partial charge in [0.1, 0.15) is 24.2 Å². The number of carbonyl (C=O) groups is 7. The molecule has 0 radical (unpaired) electrons. The maximum absolute atomic E-state index is 14.4. The van der Waals surface area contributed by atoms with Crippen LogP contribution >= 0.6 is 0 Å². The van der Waals surface area contributed by atoms with Gasteiger partial charge in [0.25, 0.3) is 5.91 Å². The summed E-state index contributed by atoms with van der Waals surface area (Å²) in [5.74, 6) is -3.78. The number of hydrogen-bond donors (Lipinski definition) is 5. The zero-order valence-corrected chi connectivity index (χ0v) is 30.4. The number of nitrogens with one attached hydrogen (secondary N) is 5. The molecule has 1 heterocycles. The highest BCUT2D eigenvalue weighted by molar-refractivity contribution is 6.38. The van der Waals surface area contributed by atoms with Crippen LogP contribution in [0.15, 0.2) is 0 Å². The Balaban J connectivity index is 2.34. The summed E-state index contributed by atoms with van der Waals surface area (Å²) in [5.41, 5.74) is -1.59. The molecule has 0 aromatic rings. The van der Waals surface area contributed by atoms with E-state index in [-0.39, 0.29) is 24.9 Å². The van der Waals surface area contributed by atoms with Crippen LogP contribution in [-0.2, 0) is 33.5 Å². The van der Waals surface area contributed by atoms with Gasteiger partial charge in [-0.05, 0) is 55.8 Å². The van der Waals surface area contributed by atoms with Gasteiger partial charge in [-0.15, -0.1) is 0 Å². The van der Waals surface area contributed by atoms with Gasteiger partial charge in [-0.1, -0.05) is 68.2 Å². The van der Waals surface area contributed by atoms with E-state index in [2.05, 4.69) is 31.3 Å². The van der Waals surface area contributed by atoms with Gasteiger partial charge in [0.2, 0.25) is 29.4 Å². The lowest BCUT2D eigenvalue weighted by atomic mass is 9.82. The second-order valence-corrected chi connectivity index (χ2v) is 15.2. The molecule has 6 atom stereocenters. The first-order valence-electron chi connectivity index (χ1n) is 17.2. The molecule has 0 bridgehead atoms. The van der Waals surface area contributed by atoms with Crippen LogP contribution in [0.2, 0.25) is 0 Å². The predicted molar refractivity (Wildman–Crippen MR) is 179 cm³/mol. The minimum atomic E-state index is -1.09. The maximum atomic E-state index is 14.4. The lowest BCUT2D eigenvalue weighted by Crippen LogP contribution is -2.63. The Morgan fingerprint density at radius 3 is 1.88 bits per heavy atom. The third-order valence-corrected chi connectivity index (χ3v) is 8.81. The van der Waals surface area contributed by atoms with E-state index < -0.39 is 82.5 Å². The normalized spacial score (nSPS) is 20.4. The quantitative estimate of drug-likeness (QED) is 0.162. The number of likely N-dealkylation sites (tertiary alicyclic amines) is 1. The summed E-state index contributed by atoms with van der Waals surface area (Å²) < 4.78 is 4.56. The van der Waals surface area contributed by atoms with E-state index in [0.717, 1.165) is 19.3 Å². The molecule has 1 aliphatic carbocycles. The minimum Gasteiger partial charge on any atom is -0.453 e. The van der Waals surface area contributed by atoms with E-state index in [1.54, 1.807) is 41.5 Å². The van der Waals surface area contributed by atoms with Crippen molar-refractivity contribution >= 4 is 41.4 Å². The maximum Gasteiger partial charge on any atom is 0.407 e. The molecule has 48 heavy (non-hydrogen) atoms. The lowest BCUT2D eigenvalue weighted by molar-refractivity contribution is -0.146. The predicted octanol–water partition coefficient (Wildman–Crippen LogP) is 1.94. The van der Waals surface area contributed by atoms with Crippen molar-refractivity contribution in [2.75, 3.05) is 13.7 Å². The molecular weight excluding hydrogens is 620 g/mol. The number of methoxy groups -OCH3 is 1. The molecule has 5 N–H and O–H groups in total. The molecule has 1 aliphatic heterocycles. The van der Waals surface area contributed by atoms with E-state index in [4.69, 9.17) is 0 Å². The monoisotopic (exact) mass is 678 g/mol. The first-order chi connectivity index (χ1) is 22.3. The summed E-state index contributed by atoms with van der Waals surface area (Å²) in [5, 5.41) is 13.4. The van der Waals surface area contributed by atoms with Crippen molar-refractivity contribution in [2.24, 2.45) is 16.7 Å². The van der Waals surface area contributed by atoms with Gasteiger partial charge in [0, 0.05) is 12.6 Å². The molecule has 2 aliphatic rings. The van der Waals surface area contributed by atoms with Crippen molar-refractivity contribution in [2.45, 2.75) is 144 Å². The van der Waals surface area contributed by atoms with E-state index in [9.17, 15) is 33.6 Å². The van der Waals surface area contributed by atoms with Crippen LogP contribution in [0, 0.1) is 16.7 Å². The van der Waals surface area contributed by atoms with Crippen molar-refractivity contribution in [1.29, 1.82) is 0 Å². The molecule has 6 amide bonds. The van der Waals surface area contributed by atoms with Gasteiger partial charge in [-0.2, -0.15) is 0 Å². The largest absolute Gasteiger partial charge is 0.453 e. The van der Waals surface area contributed by atoms with Gasteiger partial charge in [0.15, 0.2) is 0 Å². The van der Waals surface area contributed by atoms with Crippen LogP contribution in [0.3, 0.4) is 0 Å². The van der Waals surface area contributed by atoms with Crippen LogP contribution in [0.4, 0.5) is 4.79 Å². The summed E-state index contributed by atoms with van der Waals surface area (Å²) >= 11 is 0. The number of alkyl carbamates (subject to hydrolysis) is 1. The van der Waals surface area contributed by atoms with Gasteiger partial charge in [0.05, 0.1) is 13.2 Å². The van der Waals surface area contributed by atoms with Crippen LogP contribution in [0.1, 0.15) is 107 Å². The molecule has 14 nitrogen and oxygen atoms in total. The number of ether oxygens (including phenoxy) is 1. The lowest BCUT2D eigenvalue weighted by Gasteiger charge is -2.38. The molecule has 2 rings (SSSR count).